The van der Waals surface area contributed by atoms with Crippen molar-refractivity contribution in [3.8, 4) is 0 Å². The maximum absolute atomic E-state index is 9.89. The molecule has 1 heterocycles. The van der Waals surface area contributed by atoms with Gasteiger partial charge in [0.2, 0.25) is 0 Å². The SMILES string of the molecule is CC1CCC(O)C(CC2CCCO2)C1. The Labute approximate surface area is 86.6 Å². The lowest BCUT2D eigenvalue weighted by atomic mass is 9.77. The molecule has 2 heteroatoms. The van der Waals surface area contributed by atoms with Crippen LogP contribution in [0.2, 0.25) is 0 Å². The minimum absolute atomic E-state index is 0.0598. The molecule has 4 unspecified atom stereocenters. The Morgan fingerprint density at radius 3 is 2.86 bits per heavy atom. The molecule has 0 amide bonds. The van der Waals surface area contributed by atoms with E-state index >= 15 is 0 Å². The fourth-order valence-corrected chi connectivity index (χ4v) is 2.90. The zero-order valence-corrected chi connectivity index (χ0v) is 9.11. The second-order valence-corrected chi connectivity index (χ2v) is 5.12. The van der Waals surface area contributed by atoms with E-state index in [1.807, 2.05) is 0 Å². The third-order valence-corrected chi connectivity index (χ3v) is 3.79. The topological polar surface area (TPSA) is 29.5 Å². The van der Waals surface area contributed by atoms with E-state index in [0.717, 1.165) is 25.4 Å². The first-order valence-corrected chi connectivity index (χ1v) is 6.05. The molecule has 82 valence electrons. The highest BCUT2D eigenvalue weighted by Gasteiger charge is 2.30. The minimum Gasteiger partial charge on any atom is -0.393 e. The highest BCUT2D eigenvalue weighted by molar-refractivity contribution is 4.81. The predicted octanol–water partition coefficient (Wildman–Crippen LogP) is 2.35. The Hall–Kier alpha value is -0.0800. The third kappa shape index (κ3) is 2.48. The van der Waals surface area contributed by atoms with E-state index < -0.39 is 0 Å². The van der Waals surface area contributed by atoms with Crippen molar-refractivity contribution in [2.75, 3.05) is 6.61 Å². The first-order valence-electron chi connectivity index (χ1n) is 6.05. The molecule has 0 bridgehead atoms. The Morgan fingerprint density at radius 2 is 2.14 bits per heavy atom. The molecular formula is C12H22O2. The maximum Gasteiger partial charge on any atom is 0.0579 e. The van der Waals surface area contributed by atoms with Gasteiger partial charge in [0.15, 0.2) is 0 Å². The van der Waals surface area contributed by atoms with E-state index in [2.05, 4.69) is 6.92 Å². The van der Waals surface area contributed by atoms with Gasteiger partial charge in [0.1, 0.15) is 0 Å². The average Bonchev–Trinajstić information content (AvgIpc) is 2.64. The molecule has 1 saturated carbocycles. The van der Waals surface area contributed by atoms with Gasteiger partial charge < -0.3 is 9.84 Å². The Morgan fingerprint density at radius 1 is 1.29 bits per heavy atom. The molecule has 1 saturated heterocycles. The highest BCUT2D eigenvalue weighted by Crippen LogP contribution is 2.34. The number of aliphatic hydroxyl groups is 1. The van der Waals surface area contributed by atoms with E-state index in [4.69, 9.17) is 4.74 Å². The van der Waals surface area contributed by atoms with Crippen LogP contribution in [-0.4, -0.2) is 23.9 Å². The van der Waals surface area contributed by atoms with Crippen LogP contribution in [0.15, 0.2) is 0 Å². The lowest BCUT2D eigenvalue weighted by Gasteiger charge is -2.32. The minimum atomic E-state index is -0.0598. The molecule has 14 heavy (non-hydrogen) atoms. The fourth-order valence-electron chi connectivity index (χ4n) is 2.90. The molecule has 0 aromatic rings. The van der Waals surface area contributed by atoms with Crippen LogP contribution < -0.4 is 0 Å². The number of hydrogen-bond donors (Lipinski definition) is 1. The van der Waals surface area contributed by atoms with Crippen molar-refractivity contribution in [2.45, 2.75) is 57.7 Å². The van der Waals surface area contributed by atoms with Crippen molar-refractivity contribution in [1.29, 1.82) is 0 Å². The lowest BCUT2D eigenvalue weighted by molar-refractivity contribution is 0.0109. The largest absolute Gasteiger partial charge is 0.393 e. The van der Waals surface area contributed by atoms with Gasteiger partial charge >= 0.3 is 0 Å². The van der Waals surface area contributed by atoms with Gasteiger partial charge in [0.25, 0.3) is 0 Å². The van der Waals surface area contributed by atoms with E-state index in [0.29, 0.717) is 12.0 Å². The Kier molecular flexibility index (Phi) is 3.45. The zero-order chi connectivity index (χ0) is 9.97. The normalized spacial score (nSPS) is 44.1. The van der Waals surface area contributed by atoms with Gasteiger partial charge in [-0.05, 0) is 50.4 Å². The molecule has 4 atom stereocenters. The molecule has 2 rings (SSSR count). The van der Waals surface area contributed by atoms with Crippen LogP contribution in [-0.2, 0) is 4.74 Å². The van der Waals surface area contributed by atoms with Gasteiger partial charge in [-0.3, -0.25) is 0 Å². The number of hydrogen-bond acceptors (Lipinski definition) is 2. The summed E-state index contributed by atoms with van der Waals surface area (Å²) in [4.78, 5) is 0. The van der Waals surface area contributed by atoms with E-state index in [1.165, 1.54) is 25.7 Å². The van der Waals surface area contributed by atoms with Gasteiger partial charge in [-0.2, -0.15) is 0 Å². The van der Waals surface area contributed by atoms with Crippen molar-refractivity contribution >= 4 is 0 Å². The van der Waals surface area contributed by atoms with Gasteiger partial charge in [-0.1, -0.05) is 6.92 Å². The van der Waals surface area contributed by atoms with Crippen LogP contribution in [0.25, 0.3) is 0 Å². The van der Waals surface area contributed by atoms with Gasteiger partial charge in [0, 0.05) is 6.61 Å². The lowest BCUT2D eigenvalue weighted by Crippen LogP contribution is -2.31. The smallest absolute Gasteiger partial charge is 0.0579 e. The molecule has 1 N–H and O–H groups in total. The van der Waals surface area contributed by atoms with Crippen LogP contribution >= 0.6 is 0 Å². The first kappa shape index (κ1) is 10.4. The monoisotopic (exact) mass is 198 g/mol. The third-order valence-electron chi connectivity index (χ3n) is 3.79. The quantitative estimate of drug-likeness (QED) is 0.738. The van der Waals surface area contributed by atoms with Gasteiger partial charge in [-0.15, -0.1) is 0 Å². The zero-order valence-electron chi connectivity index (χ0n) is 9.11. The van der Waals surface area contributed by atoms with E-state index in [9.17, 15) is 5.11 Å². The summed E-state index contributed by atoms with van der Waals surface area (Å²) in [5, 5.41) is 9.89. The van der Waals surface area contributed by atoms with E-state index in [1.54, 1.807) is 0 Å². The summed E-state index contributed by atoms with van der Waals surface area (Å²) in [5.41, 5.74) is 0. The van der Waals surface area contributed by atoms with Crippen molar-refractivity contribution in [3.63, 3.8) is 0 Å². The molecule has 1 aliphatic carbocycles. The number of rotatable bonds is 2. The summed E-state index contributed by atoms with van der Waals surface area (Å²) >= 11 is 0. The van der Waals surface area contributed by atoms with Gasteiger partial charge in [0.05, 0.1) is 12.2 Å². The van der Waals surface area contributed by atoms with E-state index in [-0.39, 0.29) is 6.10 Å². The van der Waals surface area contributed by atoms with Crippen molar-refractivity contribution in [1.82, 2.24) is 0 Å². The predicted molar refractivity (Wildman–Crippen MR) is 56.1 cm³/mol. The van der Waals surface area contributed by atoms with Crippen molar-refractivity contribution in [2.24, 2.45) is 11.8 Å². The molecule has 2 fully saturated rings. The molecular weight excluding hydrogens is 176 g/mol. The molecule has 2 nitrogen and oxygen atoms in total. The highest BCUT2D eigenvalue weighted by atomic mass is 16.5. The fraction of sp³-hybridized carbons (Fsp3) is 1.00. The summed E-state index contributed by atoms with van der Waals surface area (Å²) in [6, 6.07) is 0. The second kappa shape index (κ2) is 4.63. The van der Waals surface area contributed by atoms with Crippen molar-refractivity contribution in [3.05, 3.63) is 0 Å². The molecule has 2 aliphatic rings. The first-order chi connectivity index (χ1) is 6.75. The number of aliphatic hydroxyl groups excluding tert-OH is 1. The summed E-state index contributed by atoms with van der Waals surface area (Å²) in [6.45, 7) is 3.23. The van der Waals surface area contributed by atoms with Crippen LogP contribution in [0.5, 0.6) is 0 Å². The van der Waals surface area contributed by atoms with Crippen LogP contribution in [0, 0.1) is 11.8 Å². The average molecular weight is 198 g/mol. The molecule has 0 aromatic carbocycles. The molecule has 1 aliphatic heterocycles. The number of ether oxygens (including phenoxy) is 1. The summed E-state index contributed by atoms with van der Waals surface area (Å²) in [5.74, 6) is 1.30. The summed E-state index contributed by atoms with van der Waals surface area (Å²) in [6.07, 6.45) is 7.28. The molecule has 0 radical (unpaired) electrons. The summed E-state index contributed by atoms with van der Waals surface area (Å²) in [7, 11) is 0. The van der Waals surface area contributed by atoms with Gasteiger partial charge in [-0.25, -0.2) is 0 Å². The van der Waals surface area contributed by atoms with Crippen LogP contribution in [0.4, 0.5) is 0 Å². The molecule has 0 spiro atoms. The summed E-state index contributed by atoms with van der Waals surface area (Å²) < 4.78 is 5.63. The molecule has 0 aromatic heterocycles. The van der Waals surface area contributed by atoms with Crippen LogP contribution in [0.1, 0.15) is 45.4 Å². The Balaban J connectivity index is 1.82. The second-order valence-electron chi connectivity index (χ2n) is 5.12. The van der Waals surface area contributed by atoms with Crippen molar-refractivity contribution < 1.29 is 9.84 Å². The Bertz CT molecular complexity index is 175. The van der Waals surface area contributed by atoms with Crippen LogP contribution in [0.3, 0.4) is 0 Å². The maximum atomic E-state index is 9.89. The standard InChI is InChI=1S/C12H22O2/c1-9-4-5-12(13)10(7-9)8-11-3-2-6-14-11/h9-13H,2-8H2,1H3.